The SMILES string of the molecule is CC(=O)Nc1ccc(-c2csc(NC(=O)Cc3ccc(Cl)cc3)n2)cc1. The Labute approximate surface area is 160 Å². The van der Waals surface area contributed by atoms with Crippen molar-refractivity contribution in [2.24, 2.45) is 0 Å². The zero-order chi connectivity index (χ0) is 18.5. The van der Waals surface area contributed by atoms with E-state index in [1.807, 2.05) is 41.8 Å². The van der Waals surface area contributed by atoms with Gasteiger partial charge in [0.25, 0.3) is 0 Å². The Morgan fingerprint density at radius 3 is 2.38 bits per heavy atom. The van der Waals surface area contributed by atoms with Crippen LogP contribution in [-0.2, 0) is 16.0 Å². The van der Waals surface area contributed by atoms with Crippen LogP contribution in [0.25, 0.3) is 11.3 Å². The molecule has 7 heteroatoms. The molecule has 2 N–H and O–H groups in total. The van der Waals surface area contributed by atoms with Crippen LogP contribution in [0.2, 0.25) is 5.02 Å². The van der Waals surface area contributed by atoms with E-state index in [1.165, 1.54) is 18.3 Å². The van der Waals surface area contributed by atoms with Crippen molar-refractivity contribution in [3.05, 3.63) is 64.5 Å². The number of hydrogen-bond acceptors (Lipinski definition) is 4. The fraction of sp³-hybridized carbons (Fsp3) is 0.105. The molecule has 0 bridgehead atoms. The molecule has 3 rings (SSSR count). The van der Waals surface area contributed by atoms with Gasteiger partial charge in [0.2, 0.25) is 11.8 Å². The lowest BCUT2D eigenvalue weighted by atomic mass is 10.1. The molecule has 0 aliphatic carbocycles. The number of aromatic nitrogens is 1. The van der Waals surface area contributed by atoms with Gasteiger partial charge in [-0.2, -0.15) is 0 Å². The lowest BCUT2D eigenvalue weighted by Gasteiger charge is -2.03. The van der Waals surface area contributed by atoms with Crippen molar-refractivity contribution in [3.8, 4) is 11.3 Å². The van der Waals surface area contributed by atoms with Gasteiger partial charge in [-0.05, 0) is 29.8 Å². The first-order chi connectivity index (χ1) is 12.5. The molecule has 0 radical (unpaired) electrons. The molecule has 0 atom stereocenters. The summed E-state index contributed by atoms with van der Waals surface area (Å²) in [6, 6.07) is 14.5. The largest absolute Gasteiger partial charge is 0.326 e. The molecule has 1 aromatic heterocycles. The van der Waals surface area contributed by atoms with Crippen molar-refractivity contribution in [1.82, 2.24) is 4.98 Å². The summed E-state index contributed by atoms with van der Waals surface area (Å²) in [4.78, 5) is 27.6. The van der Waals surface area contributed by atoms with Crippen LogP contribution >= 0.6 is 22.9 Å². The number of thiazole rings is 1. The fourth-order valence-corrected chi connectivity index (χ4v) is 3.20. The van der Waals surface area contributed by atoms with Gasteiger partial charge in [0.1, 0.15) is 0 Å². The second-order valence-electron chi connectivity index (χ2n) is 5.65. The minimum absolute atomic E-state index is 0.114. The van der Waals surface area contributed by atoms with Crippen LogP contribution in [0.4, 0.5) is 10.8 Å². The molecule has 1 heterocycles. The molecular formula is C19H16ClN3O2S. The molecule has 0 saturated carbocycles. The summed E-state index contributed by atoms with van der Waals surface area (Å²) in [5, 5.41) is 8.60. The molecule has 132 valence electrons. The molecule has 0 spiro atoms. The topological polar surface area (TPSA) is 71.1 Å². The molecule has 0 unspecified atom stereocenters. The summed E-state index contributed by atoms with van der Waals surface area (Å²) in [6.07, 6.45) is 0.261. The molecule has 0 saturated heterocycles. The molecule has 0 aliphatic heterocycles. The van der Waals surface area contributed by atoms with Crippen LogP contribution in [-0.4, -0.2) is 16.8 Å². The maximum absolute atomic E-state index is 12.1. The number of hydrogen-bond donors (Lipinski definition) is 2. The van der Waals surface area contributed by atoms with Gasteiger partial charge in [-0.3, -0.25) is 9.59 Å². The van der Waals surface area contributed by atoms with Gasteiger partial charge in [0, 0.05) is 28.6 Å². The van der Waals surface area contributed by atoms with E-state index < -0.39 is 0 Å². The van der Waals surface area contributed by atoms with Gasteiger partial charge in [0.15, 0.2) is 5.13 Å². The molecular weight excluding hydrogens is 370 g/mol. The number of rotatable bonds is 5. The van der Waals surface area contributed by atoms with E-state index in [0.29, 0.717) is 10.2 Å². The van der Waals surface area contributed by atoms with Crippen molar-refractivity contribution in [2.45, 2.75) is 13.3 Å². The van der Waals surface area contributed by atoms with Crippen molar-refractivity contribution in [3.63, 3.8) is 0 Å². The third kappa shape index (κ3) is 4.91. The summed E-state index contributed by atoms with van der Waals surface area (Å²) in [5.41, 5.74) is 3.30. The highest BCUT2D eigenvalue weighted by atomic mass is 35.5. The molecule has 2 aromatic carbocycles. The highest BCUT2D eigenvalue weighted by Crippen LogP contribution is 2.26. The van der Waals surface area contributed by atoms with E-state index in [2.05, 4.69) is 15.6 Å². The first-order valence-corrected chi connectivity index (χ1v) is 9.13. The zero-order valence-electron chi connectivity index (χ0n) is 14.0. The van der Waals surface area contributed by atoms with Crippen molar-refractivity contribution >= 4 is 45.6 Å². The van der Waals surface area contributed by atoms with E-state index in [4.69, 9.17) is 11.6 Å². The number of nitrogens with one attached hydrogen (secondary N) is 2. The number of amides is 2. The van der Waals surface area contributed by atoms with Crippen molar-refractivity contribution in [1.29, 1.82) is 0 Å². The Balaban J connectivity index is 1.63. The number of nitrogens with zero attached hydrogens (tertiary/aromatic N) is 1. The third-order valence-electron chi connectivity index (χ3n) is 3.53. The monoisotopic (exact) mass is 385 g/mol. The number of carbonyl (C=O) groups excluding carboxylic acids is 2. The van der Waals surface area contributed by atoms with Crippen molar-refractivity contribution < 1.29 is 9.59 Å². The van der Waals surface area contributed by atoms with Crippen LogP contribution in [0.1, 0.15) is 12.5 Å². The Morgan fingerprint density at radius 2 is 1.73 bits per heavy atom. The highest BCUT2D eigenvalue weighted by molar-refractivity contribution is 7.14. The molecule has 0 aliphatic rings. The number of halogens is 1. The first-order valence-electron chi connectivity index (χ1n) is 7.87. The van der Waals surface area contributed by atoms with E-state index in [9.17, 15) is 9.59 Å². The van der Waals surface area contributed by atoms with Crippen LogP contribution in [0, 0.1) is 0 Å². The quantitative estimate of drug-likeness (QED) is 0.674. The Morgan fingerprint density at radius 1 is 1.04 bits per heavy atom. The van der Waals surface area contributed by atoms with E-state index in [1.54, 1.807) is 12.1 Å². The fourth-order valence-electron chi connectivity index (χ4n) is 2.34. The lowest BCUT2D eigenvalue weighted by molar-refractivity contribution is -0.116. The second-order valence-corrected chi connectivity index (χ2v) is 6.94. The first kappa shape index (κ1) is 18.1. The number of anilines is 2. The number of benzene rings is 2. The Kier molecular flexibility index (Phi) is 5.65. The predicted molar refractivity (Wildman–Crippen MR) is 106 cm³/mol. The van der Waals surface area contributed by atoms with Crippen molar-refractivity contribution in [2.75, 3.05) is 10.6 Å². The highest BCUT2D eigenvalue weighted by Gasteiger charge is 2.09. The summed E-state index contributed by atoms with van der Waals surface area (Å²) < 4.78 is 0. The average Bonchev–Trinajstić information content (AvgIpc) is 3.05. The van der Waals surface area contributed by atoms with E-state index in [-0.39, 0.29) is 18.2 Å². The van der Waals surface area contributed by atoms with E-state index in [0.717, 1.165) is 22.5 Å². The van der Waals surface area contributed by atoms with Gasteiger partial charge >= 0.3 is 0 Å². The maximum Gasteiger partial charge on any atom is 0.230 e. The van der Waals surface area contributed by atoms with Crippen LogP contribution < -0.4 is 10.6 Å². The molecule has 5 nitrogen and oxygen atoms in total. The minimum Gasteiger partial charge on any atom is -0.326 e. The summed E-state index contributed by atoms with van der Waals surface area (Å²) in [7, 11) is 0. The van der Waals surface area contributed by atoms with Gasteiger partial charge in [0.05, 0.1) is 12.1 Å². The predicted octanol–water partition coefficient (Wildman–Crippen LogP) is 4.60. The Bertz CT molecular complexity index is 921. The van der Waals surface area contributed by atoms with Crippen LogP contribution in [0.5, 0.6) is 0 Å². The molecule has 0 fully saturated rings. The van der Waals surface area contributed by atoms with E-state index >= 15 is 0 Å². The minimum atomic E-state index is -0.130. The van der Waals surface area contributed by atoms with Gasteiger partial charge in [-0.25, -0.2) is 4.98 Å². The summed E-state index contributed by atoms with van der Waals surface area (Å²) in [6.45, 7) is 1.47. The standard InChI is InChI=1S/C19H16ClN3O2S/c1-12(24)21-16-8-4-14(5-9-16)17-11-26-19(22-17)23-18(25)10-13-2-6-15(20)7-3-13/h2-9,11H,10H2,1H3,(H,21,24)(H,22,23,25). The smallest absolute Gasteiger partial charge is 0.230 e. The molecule has 3 aromatic rings. The average molecular weight is 386 g/mol. The van der Waals surface area contributed by atoms with Gasteiger partial charge < -0.3 is 10.6 Å². The molecule has 26 heavy (non-hydrogen) atoms. The summed E-state index contributed by atoms with van der Waals surface area (Å²) >= 11 is 7.21. The molecule has 2 amide bonds. The third-order valence-corrected chi connectivity index (χ3v) is 4.54. The zero-order valence-corrected chi connectivity index (χ0v) is 15.5. The maximum atomic E-state index is 12.1. The Hall–Kier alpha value is -2.70. The second kappa shape index (κ2) is 8.12. The van der Waals surface area contributed by atoms with Crippen LogP contribution in [0.15, 0.2) is 53.9 Å². The van der Waals surface area contributed by atoms with Crippen LogP contribution in [0.3, 0.4) is 0 Å². The lowest BCUT2D eigenvalue weighted by Crippen LogP contribution is -2.14. The van der Waals surface area contributed by atoms with Gasteiger partial charge in [-0.15, -0.1) is 11.3 Å². The van der Waals surface area contributed by atoms with Gasteiger partial charge in [-0.1, -0.05) is 35.9 Å². The summed E-state index contributed by atoms with van der Waals surface area (Å²) in [5.74, 6) is -0.244. The number of carbonyl (C=O) groups is 2. The normalized spacial score (nSPS) is 10.4.